The molecule has 2 aromatic rings. The number of amides is 2. The van der Waals surface area contributed by atoms with E-state index < -0.39 is 0 Å². The number of hydrogen-bond donors (Lipinski definition) is 1. The monoisotopic (exact) mass is 310 g/mol. The Morgan fingerprint density at radius 3 is 2.48 bits per heavy atom. The molecular formula is C18H15FN2O2. The van der Waals surface area contributed by atoms with Crippen molar-refractivity contribution in [2.75, 3.05) is 5.32 Å². The van der Waals surface area contributed by atoms with Crippen molar-refractivity contribution in [2.24, 2.45) is 0 Å². The van der Waals surface area contributed by atoms with Gasteiger partial charge in [-0.3, -0.25) is 9.59 Å². The highest BCUT2D eigenvalue weighted by Gasteiger charge is 2.22. The van der Waals surface area contributed by atoms with Crippen LogP contribution in [0, 0.1) is 5.82 Å². The number of nitrogens with one attached hydrogen (secondary N) is 1. The molecule has 116 valence electrons. The molecule has 0 saturated carbocycles. The van der Waals surface area contributed by atoms with Gasteiger partial charge < -0.3 is 10.2 Å². The van der Waals surface area contributed by atoms with Gasteiger partial charge in [-0.15, -0.1) is 0 Å². The van der Waals surface area contributed by atoms with Crippen molar-refractivity contribution in [3.63, 3.8) is 0 Å². The van der Waals surface area contributed by atoms with Crippen LogP contribution in [0.1, 0.15) is 21.5 Å². The van der Waals surface area contributed by atoms with Crippen LogP contribution in [-0.4, -0.2) is 16.7 Å². The van der Waals surface area contributed by atoms with Crippen LogP contribution in [0.5, 0.6) is 0 Å². The number of anilines is 1. The van der Waals surface area contributed by atoms with Gasteiger partial charge in [-0.2, -0.15) is 0 Å². The van der Waals surface area contributed by atoms with Gasteiger partial charge in [-0.1, -0.05) is 12.6 Å². The number of fused-ring (bicyclic) bond motifs is 1. The highest BCUT2D eigenvalue weighted by molar-refractivity contribution is 6.04. The Balaban J connectivity index is 1.74. The summed E-state index contributed by atoms with van der Waals surface area (Å²) in [6.07, 6.45) is 1.29. The molecular weight excluding hydrogens is 295 g/mol. The highest BCUT2D eigenvalue weighted by Crippen LogP contribution is 2.26. The second-order valence-electron chi connectivity index (χ2n) is 5.34. The molecule has 4 nitrogen and oxygen atoms in total. The molecule has 1 aliphatic heterocycles. The van der Waals surface area contributed by atoms with Crippen LogP contribution in [0.4, 0.5) is 10.1 Å². The molecule has 0 unspecified atom stereocenters. The van der Waals surface area contributed by atoms with Crippen LogP contribution in [0.2, 0.25) is 0 Å². The fourth-order valence-corrected chi connectivity index (χ4v) is 2.56. The van der Waals surface area contributed by atoms with Crippen LogP contribution in [-0.2, 0) is 17.9 Å². The second-order valence-corrected chi connectivity index (χ2v) is 5.34. The third-order valence-electron chi connectivity index (χ3n) is 3.78. The number of benzene rings is 2. The minimum absolute atomic E-state index is 0.113. The Hall–Kier alpha value is -2.95. The summed E-state index contributed by atoms with van der Waals surface area (Å²) in [5.74, 6) is -0.800. The van der Waals surface area contributed by atoms with E-state index in [1.807, 2.05) is 12.1 Å². The smallest absolute Gasteiger partial charge is 0.255 e. The summed E-state index contributed by atoms with van der Waals surface area (Å²) in [7, 11) is 0. The van der Waals surface area contributed by atoms with E-state index in [1.54, 1.807) is 11.0 Å². The fraction of sp³-hybridized carbons (Fsp3) is 0.111. The maximum absolute atomic E-state index is 12.9. The fourth-order valence-electron chi connectivity index (χ4n) is 2.56. The number of hydrogen-bond acceptors (Lipinski definition) is 2. The second kappa shape index (κ2) is 6.04. The summed E-state index contributed by atoms with van der Waals surface area (Å²) in [4.78, 5) is 25.5. The number of rotatable bonds is 3. The largest absolute Gasteiger partial charge is 0.331 e. The molecule has 0 aliphatic carbocycles. The summed E-state index contributed by atoms with van der Waals surface area (Å²) in [6.45, 7) is 4.54. The van der Waals surface area contributed by atoms with E-state index in [0.29, 0.717) is 24.3 Å². The zero-order valence-electron chi connectivity index (χ0n) is 12.4. The van der Waals surface area contributed by atoms with Gasteiger partial charge in [0.05, 0.1) is 0 Å². The quantitative estimate of drug-likeness (QED) is 0.886. The third kappa shape index (κ3) is 3.13. The normalized spacial score (nSPS) is 12.7. The van der Waals surface area contributed by atoms with Crippen molar-refractivity contribution in [2.45, 2.75) is 13.1 Å². The summed E-state index contributed by atoms with van der Waals surface area (Å²) in [5.41, 5.74) is 3.08. The zero-order chi connectivity index (χ0) is 16.4. The molecule has 0 spiro atoms. The molecule has 0 aromatic heterocycles. The average molecular weight is 310 g/mol. The van der Waals surface area contributed by atoms with Crippen LogP contribution in [0.25, 0.3) is 0 Å². The van der Waals surface area contributed by atoms with Gasteiger partial charge in [0.2, 0.25) is 5.91 Å². The Kier molecular flexibility index (Phi) is 3.93. The molecule has 0 radical (unpaired) electrons. The molecule has 2 amide bonds. The van der Waals surface area contributed by atoms with Crippen molar-refractivity contribution in [3.8, 4) is 0 Å². The third-order valence-corrected chi connectivity index (χ3v) is 3.78. The van der Waals surface area contributed by atoms with Gasteiger partial charge in [0.15, 0.2) is 0 Å². The van der Waals surface area contributed by atoms with E-state index in [9.17, 15) is 14.0 Å². The highest BCUT2D eigenvalue weighted by atomic mass is 19.1. The maximum Gasteiger partial charge on any atom is 0.255 e. The van der Waals surface area contributed by atoms with Gasteiger partial charge in [-0.05, 0) is 53.6 Å². The average Bonchev–Trinajstić information content (AvgIpc) is 2.98. The Morgan fingerprint density at radius 2 is 1.78 bits per heavy atom. The number of carbonyl (C=O) groups is 2. The number of halogens is 1. The van der Waals surface area contributed by atoms with Crippen molar-refractivity contribution >= 4 is 17.5 Å². The molecule has 1 heterocycles. The van der Waals surface area contributed by atoms with E-state index in [0.717, 1.165) is 11.1 Å². The van der Waals surface area contributed by atoms with Crippen LogP contribution >= 0.6 is 0 Å². The number of nitrogens with zero attached hydrogens (tertiary/aromatic N) is 1. The topological polar surface area (TPSA) is 49.4 Å². The molecule has 1 aliphatic rings. The summed E-state index contributed by atoms with van der Waals surface area (Å²) in [6, 6.07) is 10.9. The first-order valence-corrected chi connectivity index (χ1v) is 7.17. The standard InChI is InChI=1S/C18H15FN2O2/c1-2-17(22)21-10-13-5-8-16(9-14(13)11-21)20-18(23)12-3-6-15(19)7-4-12/h2-9H,1,10-11H2,(H,20,23). The molecule has 0 saturated heterocycles. The van der Waals surface area contributed by atoms with E-state index >= 15 is 0 Å². The van der Waals surface area contributed by atoms with Crippen molar-refractivity contribution < 1.29 is 14.0 Å². The van der Waals surface area contributed by atoms with Crippen molar-refractivity contribution in [3.05, 3.63) is 77.6 Å². The van der Waals surface area contributed by atoms with Crippen molar-refractivity contribution in [1.29, 1.82) is 0 Å². The van der Waals surface area contributed by atoms with Crippen LogP contribution in [0.15, 0.2) is 55.1 Å². The van der Waals surface area contributed by atoms with E-state index in [1.165, 1.54) is 30.3 Å². The molecule has 0 fully saturated rings. The van der Waals surface area contributed by atoms with Gasteiger partial charge >= 0.3 is 0 Å². The van der Waals surface area contributed by atoms with Gasteiger partial charge in [0.25, 0.3) is 5.91 Å². The lowest BCUT2D eigenvalue weighted by atomic mass is 10.1. The number of carbonyl (C=O) groups excluding carboxylic acids is 2. The summed E-state index contributed by atoms with van der Waals surface area (Å²) >= 11 is 0. The van der Waals surface area contributed by atoms with Gasteiger partial charge in [-0.25, -0.2) is 4.39 Å². The SMILES string of the molecule is C=CC(=O)N1Cc2ccc(NC(=O)c3ccc(F)cc3)cc2C1. The summed E-state index contributed by atoms with van der Waals surface area (Å²) in [5, 5.41) is 2.78. The maximum atomic E-state index is 12.9. The van der Waals surface area contributed by atoms with E-state index in [4.69, 9.17) is 0 Å². The molecule has 0 atom stereocenters. The molecule has 23 heavy (non-hydrogen) atoms. The molecule has 1 N–H and O–H groups in total. The first kappa shape index (κ1) is 15.0. The Labute approximate surface area is 133 Å². The van der Waals surface area contributed by atoms with Gasteiger partial charge in [0.1, 0.15) is 5.82 Å². The lowest BCUT2D eigenvalue weighted by Gasteiger charge is -2.11. The van der Waals surface area contributed by atoms with Gasteiger partial charge in [0, 0.05) is 24.3 Å². The minimum Gasteiger partial charge on any atom is -0.331 e. The Bertz CT molecular complexity index is 784. The van der Waals surface area contributed by atoms with Crippen LogP contribution < -0.4 is 5.32 Å². The molecule has 0 bridgehead atoms. The zero-order valence-corrected chi connectivity index (χ0v) is 12.4. The lowest BCUT2D eigenvalue weighted by molar-refractivity contribution is -0.126. The summed E-state index contributed by atoms with van der Waals surface area (Å²) < 4.78 is 12.9. The predicted molar refractivity (Wildman–Crippen MR) is 85.2 cm³/mol. The predicted octanol–water partition coefficient (Wildman–Crippen LogP) is 3.11. The first-order valence-electron chi connectivity index (χ1n) is 7.17. The molecule has 2 aromatic carbocycles. The van der Waals surface area contributed by atoms with Crippen LogP contribution in [0.3, 0.4) is 0 Å². The lowest BCUT2D eigenvalue weighted by Crippen LogP contribution is -2.22. The first-order chi connectivity index (χ1) is 11.1. The molecule has 5 heteroatoms. The van der Waals surface area contributed by atoms with E-state index in [-0.39, 0.29) is 17.6 Å². The molecule has 3 rings (SSSR count). The van der Waals surface area contributed by atoms with E-state index in [2.05, 4.69) is 11.9 Å². The Morgan fingerprint density at radius 1 is 1.09 bits per heavy atom. The van der Waals surface area contributed by atoms with Crippen molar-refractivity contribution in [1.82, 2.24) is 4.90 Å². The minimum atomic E-state index is -0.383.